The molecule has 0 aromatic heterocycles. The Balaban J connectivity index is 2.36. The van der Waals surface area contributed by atoms with Crippen LogP contribution in [0.5, 0.6) is 5.75 Å². The number of benzene rings is 2. The minimum atomic E-state index is -0.538. The van der Waals surface area contributed by atoms with Crippen LogP contribution in [-0.4, -0.2) is 18.8 Å². The van der Waals surface area contributed by atoms with E-state index in [1.165, 1.54) is 11.1 Å². The summed E-state index contributed by atoms with van der Waals surface area (Å²) in [5.41, 5.74) is 3.87. The maximum atomic E-state index is 9.93. The summed E-state index contributed by atoms with van der Waals surface area (Å²) in [6.07, 6.45) is 0. The third-order valence-corrected chi connectivity index (χ3v) is 3.78. The van der Waals surface area contributed by atoms with Gasteiger partial charge in [-0.2, -0.15) is 0 Å². The van der Waals surface area contributed by atoms with Gasteiger partial charge in [0, 0.05) is 11.8 Å². The van der Waals surface area contributed by atoms with E-state index in [1.54, 1.807) is 7.11 Å². The van der Waals surface area contributed by atoms with Gasteiger partial charge in [-0.1, -0.05) is 29.8 Å². The number of aryl methyl sites for hydroxylation is 2. The first kappa shape index (κ1) is 15.4. The molecule has 0 saturated heterocycles. The van der Waals surface area contributed by atoms with Crippen molar-refractivity contribution in [3.8, 4) is 5.75 Å². The smallest absolute Gasteiger partial charge is 0.120 e. The molecular formula is C18H23NO2. The number of methoxy groups -OCH3 is 1. The van der Waals surface area contributed by atoms with E-state index < -0.39 is 5.54 Å². The van der Waals surface area contributed by atoms with Crippen LogP contribution in [0.1, 0.15) is 23.6 Å². The van der Waals surface area contributed by atoms with Crippen LogP contribution in [0.4, 0.5) is 5.69 Å². The maximum Gasteiger partial charge on any atom is 0.120 e. The largest absolute Gasteiger partial charge is 0.497 e. The molecule has 0 amide bonds. The molecular weight excluding hydrogens is 262 g/mol. The van der Waals surface area contributed by atoms with Crippen LogP contribution in [0, 0.1) is 13.8 Å². The van der Waals surface area contributed by atoms with Gasteiger partial charge in [-0.05, 0) is 44.0 Å². The molecule has 0 heterocycles. The third kappa shape index (κ3) is 3.37. The molecule has 1 unspecified atom stereocenters. The molecule has 1 atom stereocenters. The van der Waals surface area contributed by atoms with Crippen LogP contribution in [0.2, 0.25) is 0 Å². The predicted octanol–water partition coefficient (Wildman–Crippen LogP) is 3.63. The van der Waals surface area contributed by atoms with Crippen molar-refractivity contribution >= 4 is 5.69 Å². The summed E-state index contributed by atoms with van der Waals surface area (Å²) in [4.78, 5) is 0. The van der Waals surface area contributed by atoms with E-state index in [0.717, 1.165) is 17.0 Å². The van der Waals surface area contributed by atoms with E-state index in [1.807, 2.05) is 31.2 Å². The number of ether oxygens (including phenoxy) is 1. The minimum Gasteiger partial charge on any atom is -0.497 e. The molecule has 0 bridgehead atoms. The SMILES string of the molecule is COc1cccc(NC(C)(CO)c2ccc(C)cc2C)c1. The Bertz CT molecular complexity index is 624. The average molecular weight is 285 g/mol. The fourth-order valence-electron chi connectivity index (χ4n) is 2.64. The second kappa shape index (κ2) is 6.19. The standard InChI is InChI=1S/C18H23NO2/c1-13-8-9-17(14(2)10-13)18(3,12-20)19-15-6-5-7-16(11-15)21-4/h5-11,19-20H,12H2,1-4H3. The van der Waals surface area contributed by atoms with Crippen LogP contribution >= 0.6 is 0 Å². The van der Waals surface area contributed by atoms with Crippen molar-refractivity contribution in [2.45, 2.75) is 26.3 Å². The maximum absolute atomic E-state index is 9.93. The number of hydrogen-bond acceptors (Lipinski definition) is 3. The summed E-state index contributed by atoms with van der Waals surface area (Å²) in [7, 11) is 1.65. The molecule has 2 rings (SSSR count). The van der Waals surface area contributed by atoms with Gasteiger partial charge >= 0.3 is 0 Å². The molecule has 112 valence electrons. The highest BCUT2D eigenvalue weighted by molar-refractivity contribution is 5.52. The molecule has 2 N–H and O–H groups in total. The molecule has 0 aliphatic heterocycles. The van der Waals surface area contributed by atoms with Gasteiger partial charge in [-0.25, -0.2) is 0 Å². The van der Waals surface area contributed by atoms with Crippen LogP contribution in [0.15, 0.2) is 42.5 Å². The molecule has 3 nitrogen and oxygen atoms in total. The summed E-state index contributed by atoms with van der Waals surface area (Å²) in [5, 5.41) is 13.4. The number of anilines is 1. The summed E-state index contributed by atoms with van der Waals surface area (Å²) >= 11 is 0. The number of nitrogens with one attached hydrogen (secondary N) is 1. The zero-order chi connectivity index (χ0) is 15.5. The zero-order valence-electron chi connectivity index (χ0n) is 13.1. The van der Waals surface area contributed by atoms with Crippen LogP contribution < -0.4 is 10.1 Å². The molecule has 0 fully saturated rings. The Morgan fingerprint density at radius 3 is 2.52 bits per heavy atom. The monoisotopic (exact) mass is 285 g/mol. The van der Waals surface area contributed by atoms with Crippen LogP contribution in [-0.2, 0) is 5.54 Å². The number of rotatable bonds is 5. The van der Waals surface area contributed by atoms with E-state index in [4.69, 9.17) is 4.74 Å². The van der Waals surface area contributed by atoms with Crippen LogP contribution in [0.3, 0.4) is 0 Å². The summed E-state index contributed by atoms with van der Waals surface area (Å²) in [6, 6.07) is 14.0. The fraction of sp³-hybridized carbons (Fsp3) is 0.333. The Hall–Kier alpha value is -2.00. The van der Waals surface area contributed by atoms with Gasteiger partial charge < -0.3 is 15.2 Å². The van der Waals surface area contributed by atoms with Crippen molar-refractivity contribution in [2.75, 3.05) is 19.0 Å². The number of aliphatic hydroxyl groups excluding tert-OH is 1. The summed E-state index contributed by atoms with van der Waals surface area (Å²) in [6.45, 7) is 6.16. The Kier molecular flexibility index (Phi) is 4.53. The highest BCUT2D eigenvalue weighted by Crippen LogP contribution is 2.30. The lowest BCUT2D eigenvalue weighted by atomic mass is 9.88. The van der Waals surface area contributed by atoms with Gasteiger partial charge in [0.25, 0.3) is 0 Å². The first-order valence-corrected chi connectivity index (χ1v) is 7.09. The third-order valence-electron chi connectivity index (χ3n) is 3.78. The molecule has 21 heavy (non-hydrogen) atoms. The van der Waals surface area contributed by atoms with Crippen molar-refractivity contribution in [1.82, 2.24) is 0 Å². The van der Waals surface area contributed by atoms with Gasteiger partial charge in [0.05, 0.1) is 19.3 Å². The first-order chi connectivity index (χ1) is 9.98. The molecule has 2 aromatic rings. The van der Waals surface area contributed by atoms with Gasteiger partial charge in [-0.3, -0.25) is 0 Å². The van der Waals surface area contributed by atoms with Crippen molar-refractivity contribution < 1.29 is 9.84 Å². The van der Waals surface area contributed by atoms with Gasteiger partial charge in [0.2, 0.25) is 0 Å². The minimum absolute atomic E-state index is 0.00805. The van der Waals surface area contributed by atoms with E-state index >= 15 is 0 Å². The Labute approximate surface area is 126 Å². The normalized spacial score (nSPS) is 13.6. The highest BCUT2D eigenvalue weighted by atomic mass is 16.5. The van der Waals surface area contributed by atoms with Crippen molar-refractivity contribution in [3.63, 3.8) is 0 Å². The van der Waals surface area contributed by atoms with E-state index in [9.17, 15) is 5.11 Å². The van der Waals surface area contributed by atoms with E-state index in [2.05, 4.69) is 37.4 Å². The second-order valence-electron chi connectivity index (χ2n) is 5.67. The number of hydrogen-bond donors (Lipinski definition) is 2. The molecule has 0 aliphatic carbocycles. The lowest BCUT2D eigenvalue weighted by Gasteiger charge is -2.32. The second-order valence-corrected chi connectivity index (χ2v) is 5.67. The van der Waals surface area contributed by atoms with Gasteiger partial charge in [-0.15, -0.1) is 0 Å². The van der Waals surface area contributed by atoms with Gasteiger partial charge in [0.15, 0.2) is 0 Å². The molecule has 3 heteroatoms. The Morgan fingerprint density at radius 2 is 1.90 bits per heavy atom. The van der Waals surface area contributed by atoms with Crippen LogP contribution in [0.25, 0.3) is 0 Å². The zero-order valence-corrected chi connectivity index (χ0v) is 13.1. The van der Waals surface area contributed by atoms with E-state index in [-0.39, 0.29) is 6.61 Å². The fourth-order valence-corrected chi connectivity index (χ4v) is 2.64. The highest BCUT2D eigenvalue weighted by Gasteiger charge is 2.27. The average Bonchev–Trinajstić information content (AvgIpc) is 2.47. The quantitative estimate of drug-likeness (QED) is 0.881. The predicted molar refractivity (Wildman–Crippen MR) is 87.0 cm³/mol. The molecule has 0 radical (unpaired) electrons. The lowest BCUT2D eigenvalue weighted by molar-refractivity contribution is 0.223. The molecule has 0 spiro atoms. The van der Waals surface area contributed by atoms with Crippen molar-refractivity contribution in [3.05, 3.63) is 59.2 Å². The topological polar surface area (TPSA) is 41.5 Å². The van der Waals surface area contributed by atoms with Crippen molar-refractivity contribution in [2.24, 2.45) is 0 Å². The van der Waals surface area contributed by atoms with E-state index in [0.29, 0.717) is 0 Å². The molecule has 0 aliphatic rings. The summed E-state index contributed by atoms with van der Waals surface area (Å²) in [5.74, 6) is 0.793. The Morgan fingerprint density at radius 1 is 1.14 bits per heavy atom. The first-order valence-electron chi connectivity index (χ1n) is 7.09. The van der Waals surface area contributed by atoms with Gasteiger partial charge in [0.1, 0.15) is 5.75 Å². The molecule has 2 aromatic carbocycles. The van der Waals surface area contributed by atoms with Crippen molar-refractivity contribution in [1.29, 1.82) is 0 Å². The number of aliphatic hydroxyl groups is 1. The summed E-state index contributed by atoms with van der Waals surface area (Å²) < 4.78 is 5.25. The molecule has 0 saturated carbocycles. The lowest BCUT2D eigenvalue weighted by Crippen LogP contribution is -2.36.